The van der Waals surface area contributed by atoms with Gasteiger partial charge in [0.2, 0.25) is 0 Å². The molecule has 18 heavy (non-hydrogen) atoms. The van der Waals surface area contributed by atoms with Crippen LogP contribution in [0.15, 0.2) is 18.2 Å². The Morgan fingerprint density at radius 2 is 2.00 bits per heavy atom. The normalized spacial score (nSPS) is 18.2. The number of hydrogen-bond acceptors (Lipinski definition) is 2. The maximum atomic E-state index is 13.4. The number of hydrogen-bond donors (Lipinski definition) is 1. The van der Waals surface area contributed by atoms with E-state index in [0.717, 1.165) is 12.6 Å². The maximum absolute atomic E-state index is 13.4. The first kappa shape index (κ1) is 13.8. The number of thioether (sulfide) groups is 1. The van der Waals surface area contributed by atoms with Crippen molar-refractivity contribution in [1.29, 1.82) is 0 Å². The molecular formula is C14H19F2NS. The highest BCUT2D eigenvalue weighted by Gasteiger charge is 2.32. The maximum Gasteiger partial charge on any atom is 0.130 e. The Morgan fingerprint density at radius 3 is 2.61 bits per heavy atom. The van der Waals surface area contributed by atoms with Crippen molar-refractivity contribution in [2.45, 2.75) is 37.0 Å². The van der Waals surface area contributed by atoms with Gasteiger partial charge in [0.15, 0.2) is 0 Å². The molecule has 0 aliphatic heterocycles. The molecule has 2 rings (SSSR count). The summed E-state index contributed by atoms with van der Waals surface area (Å²) in [4.78, 5) is 0. The lowest BCUT2D eigenvalue weighted by molar-refractivity contribution is 0.517. The van der Waals surface area contributed by atoms with Crippen LogP contribution in [0.4, 0.5) is 8.78 Å². The highest BCUT2D eigenvalue weighted by atomic mass is 32.2. The molecule has 1 nitrogen and oxygen atoms in total. The summed E-state index contributed by atoms with van der Waals surface area (Å²) in [5.41, 5.74) is 0.533. The van der Waals surface area contributed by atoms with Crippen molar-refractivity contribution in [1.82, 2.24) is 5.32 Å². The molecule has 4 heteroatoms. The molecule has 1 aliphatic rings. The van der Waals surface area contributed by atoms with Crippen LogP contribution < -0.4 is 5.32 Å². The second kappa shape index (κ2) is 6.02. The quantitative estimate of drug-likeness (QED) is 0.875. The molecule has 1 saturated carbocycles. The van der Waals surface area contributed by atoms with Crippen molar-refractivity contribution in [3.8, 4) is 0 Å². The molecule has 0 amide bonds. The summed E-state index contributed by atoms with van der Waals surface area (Å²) in [5.74, 6) is -0.986. The zero-order valence-corrected chi connectivity index (χ0v) is 11.5. The fourth-order valence-corrected chi connectivity index (χ4v) is 3.51. The molecule has 0 unspecified atom stereocenters. The molecule has 100 valence electrons. The van der Waals surface area contributed by atoms with Crippen LogP contribution in [0.5, 0.6) is 0 Å². The Bertz CT molecular complexity index is 403. The molecule has 1 fully saturated rings. The highest BCUT2D eigenvalue weighted by molar-refractivity contribution is 8.00. The minimum absolute atomic E-state index is 0.316. The van der Waals surface area contributed by atoms with E-state index in [-0.39, 0.29) is 0 Å². The van der Waals surface area contributed by atoms with Gasteiger partial charge >= 0.3 is 0 Å². The molecule has 0 saturated heterocycles. The second-order valence-electron chi connectivity index (χ2n) is 4.93. The number of benzene rings is 1. The first-order chi connectivity index (χ1) is 8.65. The molecule has 1 aromatic rings. The van der Waals surface area contributed by atoms with Crippen LogP contribution in [-0.4, -0.2) is 17.5 Å². The molecule has 0 atom stereocenters. The van der Waals surface area contributed by atoms with E-state index in [9.17, 15) is 8.78 Å². The van der Waals surface area contributed by atoms with Gasteiger partial charge in [-0.25, -0.2) is 8.78 Å². The van der Waals surface area contributed by atoms with Crippen LogP contribution in [0.25, 0.3) is 0 Å². The van der Waals surface area contributed by atoms with E-state index in [2.05, 4.69) is 11.6 Å². The number of nitrogens with one attached hydrogen (secondary N) is 1. The molecule has 1 N–H and O–H groups in total. The lowest BCUT2D eigenvalue weighted by Crippen LogP contribution is -2.34. The van der Waals surface area contributed by atoms with E-state index in [0.29, 0.717) is 16.9 Å². The molecule has 1 aliphatic carbocycles. The van der Waals surface area contributed by atoms with E-state index in [4.69, 9.17) is 0 Å². The van der Waals surface area contributed by atoms with Crippen LogP contribution in [0, 0.1) is 11.6 Å². The van der Waals surface area contributed by atoms with Gasteiger partial charge in [-0.1, -0.05) is 18.9 Å². The van der Waals surface area contributed by atoms with Crippen molar-refractivity contribution in [2.24, 2.45) is 0 Å². The smallest absolute Gasteiger partial charge is 0.130 e. The fourth-order valence-electron chi connectivity index (χ4n) is 2.56. The predicted molar refractivity (Wildman–Crippen MR) is 72.8 cm³/mol. The first-order valence-corrected chi connectivity index (χ1v) is 7.57. The molecule has 0 bridgehead atoms. The average molecular weight is 271 g/mol. The predicted octanol–water partition coefficient (Wildman–Crippen LogP) is 3.73. The summed E-state index contributed by atoms with van der Waals surface area (Å²) in [6.07, 6.45) is 7.17. The number of rotatable bonds is 5. The van der Waals surface area contributed by atoms with Crippen molar-refractivity contribution in [3.05, 3.63) is 35.4 Å². The zero-order chi connectivity index (χ0) is 13.0. The van der Waals surface area contributed by atoms with E-state index in [1.165, 1.54) is 37.8 Å². The van der Waals surface area contributed by atoms with Gasteiger partial charge in [0.25, 0.3) is 0 Å². The lowest BCUT2D eigenvalue weighted by atomic mass is 10.1. The van der Waals surface area contributed by atoms with Crippen molar-refractivity contribution in [3.63, 3.8) is 0 Å². The Labute approximate surface area is 111 Å². The van der Waals surface area contributed by atoms with E-state index in [1.807, 2.05) is 11.8 Å². The van der Waals surface area contributed by atoms with Crippen LogP contribution in [0.1, 0.15) is 31.2 Å². The van der Waals surface area contributed by atoms with Crippen LogP contribution in [0.2, 0.25) is 0 Å². The molecule has 0 aromatic heterocycles. The van der Waals surface area contributed by atoms with Gasteiger partial charge in [-0.2, -0.15) is 11.8 Å². The Balaban J connectivity index is 1.88. The Morgan fingerprint density at radius 1 is 1.28 bits per heavy atom. The van der Waals surface area contributed by atoms with Crippen molar-refractivity contribution >= 4 is 11.8 Å². The van der Waals surface area contributed by atoms with Gasteiger partial charge < -0.3 is 5.32 Å². The lowest BCUT2D eigenvalue weighted by Gasteiger charge is -2.27. The summed E-state index contributed by atoms with van der Waals surface area (Å²) in [6, 6.07) is 3.76. The SMILES string of the molecule is CSC1(CNCc2ccc(F)cc2F)CCCC1. The molecule has 0 spiro atoms. The molecule has 0 heterocycles. The molecule has 1 aromatic carbocycles. The Hall–Kier alpha value is -0.610. The standard InChI is InChI=1S/C14H19F2NS/c1-18-14(6-2-3-7-14)10-17-9-11-4-5-12(15)8-13(11)16/h4-5,8,17H,2-3,6-7,9-10H2,1H3. The monoisotopic (exact) mass is 271 g/mol. The summed E-state index contributed by atoms with van der Waals surface area (Å²) in [6.45, 7) is 1.36. The summed E-state index contributed by atoms with van der Waals surface area (Å²) < 4.78 is 26.5. The second-order valence-corrected chi connectivity index (χ2v) is 6.21. The molecular weight excluding hydrogens is 252 g/mol. The zero-order valence-electron chi connectivity index (χ0n) is 10.6. The van der Waals surface area contributed by atoms with Crippen molar-refractivity contribution in [2.75, 3.05) is 12.8 Å². The fraction of sp³-hybridized carbons (Fsp3) is 0.571. The van der Waals surface area contributed by atoms with Crippen LogP contribution in [-0.2, 0) is 6.54 Å². The minimum atomic E-state index is -0.521. The molecule has 0 radical (unpaired) electrons. The van der Waals surface area contributed by atoms with Gasteiger partial charge in [0.1, 0.15) is 11.6 Å². The summed E-state index contributed by atoms with van der Waals surface area (Å²) in [5, 5.41) is 3.31. The Kier molecular flexibility index (Phi) is 4.62. The summed E-state index contributed by atoms with van der Waals surface area (Å²) in [7, 11) is 0. The third-order valence-corrected chi connectivity index (χ3v) is 5.14. The van der Waals surface area contributed by atoms with E-state index in [1.54, 1.807) is 0 Å². The largest absolute Gasteiger partial charge is 0.311 e. The number of halogens is 2. The van der Waals surface area contributed by atoms with Gasteiger partial charge in [0.05, 0.1) is 0 Å². The highest BCUT2D eigenvalue weighted by Crippen LogP contribution is 2.39. The van der Waals surface area contributed by atoms with Crippen LogP contribution >= 0.6 is 11.8 Å². The first-order valence-electron chi connectivity index (χ1n) is 6.35. The minimum Gasteiger partial charge on any atom is -0.311 e. The van der Waals surface area contributed by atoms with Crippen molar-refractivity contribution < 1.29 is 8.78 Å². The third-order valence-electron chi connectivity index (χ3n) is 3.73. The van der Waals surface area contributed by atoms with E-state index >= 15 is 0 Å². The van der Waals surface area contributed by atoms with Gasteiger partial charge in [-0.05, 0) is 25.2 Å². The average Bonchev–Trinajstić information content (AvgIpc) is 2.81. The summed E-state index contributed by atoms with van der Waals surface area (Å²) >= 11 is 1.91. The van der Waals surface area contributed by atoms with E-state index < -0.39 is 11.6 Å². The van der Waals surface area contributed by atoms with Gasteiger partial charge in [-0.15, -0.1) is 0 Å². The topological polar surface area (TPSA) is 12.0 Å². The van der Waals surface area contributed by atoms with Gasteiger partial charge in [0, 0.05) is 29.5 Å². The third kappa shape index (κ3) is 3.23. The van der Waals surface area contributed by atoms with Crippen LogP contribution in [0.3, 0.4) is 0 Å². The van der Waals surface area contributed by atoms with Gasteiger partial charge in [-0.3, -0.25) is 0 Å².